The summed E-state index contributed by atoms with van der Waals surface area (Å²) in [7, 11) is 0. The van der Waals surface area contributed by atoms with E-state index in [2.05, 4.69) is 15.2 Å². The Morgan fingerprint density at radius 2 is 1.70 bits per heavy atom. The van der Waals surface area contributed by atoms with Gasteiger partial charge in [-0.2, -0.15) is 0 Å². The smallest absolute Gasteiger partial charge is 0.296 e. The molecule has 0 saturated heterocycles. The zero-order valence-electron chi connectivity index (χ0n) is 13.1. The van der Waals surface area contributed by atoms with Crippen molar-refractivity contribution in [2.75, 3.05) is 0 Å². The van der Waals surface area contributed by atoms with Crippen LogP contribution in [0.2, 0.25) is 5.02 Å². The van der Waals surface area contributed by atoms with E-state index >= 15 is 0 Å². The molecule has 12 heteroatoms. The van der Waals surface area contributed by atoms with Gasteiger partial charge in [-0.15, -0.1) is 10.2 Å². The molecule has 0 atom stereocenters. The molecule has 2 aromatic carbocycles. The van der Waals surface area contributed by atoms with E-state index in [1.54, 1.807) is 0 Å². The Balaban J connectivity index is 1.97. The second kappa shape index (κ2) is 6.80. The van der Waals surface area contributed by atoms with Gasteiger partial charge in [-0.25, -0.2) is 0 Å². The summed E-state index contributed by atoms with van der Waals surface area (Å²) in [6.45, 7) is 0. The van der Waals surface area contributed by atoms with Crippen LogP contribution in [0.25, 0.3) is 10.9 Å². The summed E-state index contributed by atoms with van der Waals surface area (Å²) in [4.78, 5) is 35.0. The molecular formula is C15H8ClN5O6. The van der Waals surface area contributed by atoms with Crippen LogP contribution in [-0.2, 0) is 0 Å². The van der Waals surface area contributed by atoms with Crippen LogP contribution in [0.5, 0.6) is 5.88 Å². The number of nitro benzene ring substituents is 2. The Labute approximate surface area is 154 Å². The highest BCUT2D eigenvalue weighted by Crippen LogP contribution is 2.37. The normalized spacial score (nSPS) is 11.1. The second-order valence-corrected chi connectivity index (χ2v) is 5.64. The van der Waals surface area contributed by atoms with Crippen molar-refractivity contribution >= 4 is 45.5 Å². The van der Waals surface area contributed by atoms with Gasteiger partial charge in [0.05, 0.1) is 25.9 Å². The Hall–Kier alpha value is -3.86. The van der Waals surface area contributed by atoms with Gasteiger partial charge in [0, 0.05) is 29.7 Å². The third-order valence-corrected chi connectivity index (χ3v) is 3.89. The maximum atomic E-state index is 12.1. The number of aromatic nitrogens is 1. The Morgan fingerprint density at radius 1 is 1.07 bits per heavy atom. The number of halogens is 1. The van der Waals surface area contributed by atoms with Gasteiger partial charge in [0.15, 0.2) is 5.69 Å². The van der Waals surface area contributed by atoms with Crippen molar-refractivity contribution in [3.8, 4) is 5.88 Å². The molecule has 0 aliphatic heterocycles. The minimum atomic E-state index is -0.908. The minimum absolute atomic E-state index is 0.128. The van der Waals surface area contributed by atoms with Crippen LogP contribution in [-0.4, -0.2) is 25.8 Å². The monoisotopic (exact) mass is 389 g/mol. The number of aromatic hydroxyl groups is 1. The molecule has 136 valence electrons. The lowest BCUT2D eigenvalue weighted by Gasteiger charge is -1.98. The minimum Gasteiger partial charge on any atom is -0.493 e. The highest BCUT2D eigenvalue weighted by molar-refractivity contribution is 6.34. The molecule has 0 saturated carbocycles. The van der Waals surface area contributed by atoms with Crippen LogP contribution in [0.4, 0.5) is 17.1 Å². The van der Waals surface area contributed by atoms with Crippen LogP contribution >= 0.6 is 11.6 Å². The number of hydrogen-bond acceptors (Lipinski definition) is 7. The van der Waals surface area contributed by atoms with Gasteiger partial charge >= 0.3 is 0 Å². The molecule has 2 N–H and O–H groups in total. The summed E-state index contributed by atoms with van der Waals surface area (Å²) >= 11 is 5.85. The number of hydrogen-bond donors (Lipinski definition) is 2. The van der Waals surface area contributed by atoms with Crippen molar-refractivity contribution in [3.63, 3.8) is 0 Å². The Bertz CT molecular complexity index is 1140. The first kappa shape index (κ1) is 17.9. The van der Waals surface area contributed by atoms with Gasteiger partial charge in [-0.3, -0.25) is 25.0 Å². The number of rotatable bonds is 4. The number of H-pyrrole nitrogens is 1. The topological polar surface area (TPSA) is 164 Å². The van der Waals surface area contributed by atoms with Crippen LogP contribution in [0, 0.1) is 20.2 Å². The molecule has 1 heterocycles. The summed E-state index contributed by atoms with van der Waals surface area (Å²) in [5.41, 5.74) is -0.470. The molecule has 0 unspecified atom stereocenters. The molecule has 1 aromatic heterocycles. The number of benzene rings is 2. The van der Waals surface area contributed by atoms with E-state index in [0.29, 0.717) is 5.52 Å². The molecule has 3 aromatic rings. The zero-order chi connectivity index (χ0) is 19.7. The fraction of sp³-hybridized carbons (Fsp3) is 0. The highest BCUT2D eigenvalue weighted by Gasteiger charge is 2.17. The van der Waals surface area contributed by atoms with E-state index in [0.717, 1.165) is 18.2 Å². The van der Waals surface area contributed by atoms with Gasteiger partial charge in [0.2, 0.25) is 5.88 Å². The predicted octanol–water partition coefficient (Wildman–Crippen LogP) is 4.27. The first-order chi connectivity index (χ1) is 12.8. The van der Waals surface area contributed by atoms with Crippen LogP contribution < -0.4 is 0 Å². The SMILES string of the molecule is O=C(N=Nc1c(O)[nH]c2ccc([N+](=O)[O-])cc12)c1ccc([N+](=O)[O-])cc1Cl. The first-order valence-corrected chi connectivity index (χ1v) is 7.55. The van der Waals surface area contributed by atoms with Gasteiger partial charge in [0.1, 0.15) is 0 Å². The summed E-state index contributed by atoms with van der Waals surface area (Å²) < 4.78 is 0. The van der Waals surface area contributed by atoms with Crippen LogP contribution in [0.15, 0.2) is 46.6 Å². The number of nitrogens with zero attached hydrogens (tertiary/aromatic N) is 4. The maximum Gasteiger partial charge on any atom is 0.296 e. The molecular weight excluding hydrogens is 382 g/mol. The van der Waals surface area contributed by atoms with Crippen molar-refractivity contribution in [2.45, 2.75) is 0 Å². The lowest BCUT2D eigenvalue weighted by molar-refractivity contribution is -0.385. The van der Waals surface area contributed by atoms with Crippen LogP contribution in [0.1, 0.15) is 10.4 Å². The summed E-state index contributed by atoms with van der Waals surface area (Å²) in [6.07, 6.45) is 0. The lowest BCUT2D eigenvalue weighted by Crippen LogP contribution is -1.96. The number of azo groups is 1. The molecule has 0 radical (unpaired) electrons. The molecule has 0 bridgehead atoms. The first-order valence-electron chi connectivity index (χ1n) is 7.17. The molecule has 1 amide bonds. The van der Waals surface area contributed by atoms with Gasteiger partial charge in [-0.05, 0) is 12.1 Å². The summed E-state index contributed by atoms with van der Waals surface area (Å²) in [5.74, 6) is -1.34. The second-order valence-electron chi connectivity index (χ2n) is 5.24. The van der Waals surface area contributed by atoms with Crippen LogP contribution in [0.3, 0.4) is 0 Å². The number of nitrogens with one attached hydrogen (secondary N) is 1. The zero-order valence-corrected chi connectivity index (χ0v) is 13.9. The number of aromatic amines is 1. The molecule has 3 rings (SSSR count). The number of non-ortho nitro benzene ring substituents is 2. The molecule has 0 aliphatic rings. The summed E-state index contributed by atoms with van der Waals surface area (Å²) in [5, 5.41) is 38.6. The Morgan fingerprint density at radius 3 is 2.33 bits per heavy atom. The van der Waals surface area contributed by atoms with Crippen molar-refractivity contribution < 1.29 is 19.7 Å². The van der Waals surface area contributed by atoms with E-state index < -0.39 is 21.6 Å². The standard InChI is InChI=1S/C15H8ClN5O6/c16-11-6-8(21(26)27)1-3-9(11)14(22)19-18-13-10-5-7(20(24)25)2-4-12(10)17-15(13)23/h1-6,17,23H. The number of carbonyl (C=O) groups is 1. The number of fused-ring (bicyclic) bond motifs is 1. The quantitative estimate of drug-likeness (QED) is 0.384. The number of nitro groups is 2. The Kier molecular flexibility index (Phi) is 4.52. The highest BCUT2D eigenvalue weighted by atomic mass is 35.5. The number of amides is 1. The van der Waals surface area contributed by atoms with Crippen molar-refractivity contribution in [1.82, 2.24) is 4.98 Å². The lowest BCUT2D eigenvalue weighted by atomic mass is 10.2. The average molecular weight is 390 g/mol. The van der Waals surface area contributed by atoms with E-state index in [1.165, 1.54) is 18.2 Å². The van der Waals surface area contributed by atoms with E-state index in [4.69, 9.17) is 11.6 Å². The van der Waals surface area contributed by atoms with Crippen molar-refractivity contribution in [1.29, 1.82) is 0 Å². The summed E-state index contributed by atoms with van der Waals surface area (Å²) in [6, 6.07) is 6.99. The fourth-order valence-corrected chi connectivity index (χ4v) is 2.56. The molecule has 0 spiro atoms. The van der Waals surface area contributed by atoms with E-state index in [9.17, 15) is 30.1 Å². The van der Waals surface area contributed by atoms with E-state index in [-0.39, 0.29) is 33.0 Å². The molecule has 0 aliphatic carbocycles. The third kappa shape index (κ3) is 3.43. The maximum absolute atomic E-state index is 12.1. The predicted molar refractivity (Wildman–Crippen MR) is 93.6 cm³/mol. The largest absolute Gasteiger partial charge is 0.493 e. The number of carbonyl (C=O) groups excluding carboxylic acids is 1. The van der Waals surface area contributed by atoms with Crippen molar-refractivity contribution in [2.24, 2.45) is 10.2 Å². The molecule has 0 fully saturated rings. The molecule has 27 heavy (non-hydrogen) atoms. The van der Waals surface area contributed by atoms with E-state index in [1.807, 2.05) is 0 Å². The fourth-order valence-electron chi connectivity index (χ4n) is 2.31. The third-order valence-electron chi connectivity index (χ3n) is 3.58. The average Bonchev–Trinajstić information content (AvgIpc) is 2.93. The van der Waals surface area contributed by atoms with Crippen molar-refractivity contribution in [3.05, 3.63) is 67.2 Å². The molecule has 11 nitrogen and oxygen atoms in total. The van der Waals surface area contributed by atoms with Gasteiger partial charge in [-0.1, -0.05) is 11.6 Å². The van der Waals surface area contributed by atoms with Gasteiger partial charge < -0.3 is 10.1 Å². The van der Waals surface area contributed by atoms with Gasteiger partial charge in [0.25, 0.3) is 17.3 Å².